The number of rotatable bonds is 2. The van der Waals surface area contributed by atoms with E-state index in [0.717, 1.165) is 9.09 Å². The van der Waals surface area contributed by atoms with Gasteiger partial charge in [-0.3, -0.25) is 0 Å². The lowest BCUT2D eigenvalue weighted by atomic mass is 10.2. The minimum absolute atomic E-state index is 0.320. The van der Waals surface area contributed by atoms with Crippen molar-refractivity contribution in [1.29, 1.82) is 0 Å². The number of aromatic amines is 1. The van der Waals surface area contributed by atoms with Gasteiger partial charge in [0.1, 0.15) is 11.1 Å². The van der Waals surface area contributed by atoms with Crippen LogP contribution in [0.15, 0.2) is 18.5 Å². The zero-order valence-electron chi connectivity index (χ0n) is 8.08. The highest BCUT2D eigenvalue weighted by Gasteiger charge is 2.16. The fraction of sp³-hybridized carbons (Fsp3) is 0.200. The van der Waals surface area contributed by atoms with E-state index in [2.05, 4.69) is 32.6 Å². The highest BCUT2D eigenvalue weighted by Crippen LogP contribution is 2.21. The van der Waals surface area contributed by atoms with Gasteiger partial charge in [0.2, 0.25) is 0 Å². The van der Waals surface area contributed by atoms with Crippen LogP contribution >= 0.6 is 22.6 Å². The van der Waals surface area contributed by atoms with Crippen molar-refractivity contribution < 1.29 is 9.53 Å². The van der Waals surface area contributed by atoms with Crippen LogP contribution in [0.25, 0.3) is 11.0 Å². The molecular formula is C10H9IN2O2. The zero-order valence-corrected chi connectivity index (χ0v) is 10.2. The SMILES string of the molecule is CCOC(=O)c1c(I)ccc2[nH]cnc12. The predicted molar refractivity (Wildman–Crippen MR) is 64.8 cm³/mol. The van der Waals surface area contributed by atoms with Gasteiger partial charge >= 0.3 is 5.97 Å². The lowest BCUT2D eigenvalue weighted by Gasteiger charge is -2.04. The van der Waals surface area contributed by atoms with E-state index in [-0.39, 0.29) is 5.97 Å². The molecule has 1 heterocycles. The molecule has 0 saturated carbocycles. The molecule has 1 aromatic heterocycles. The largest absolute Gasteiger partial charge is 0.462 e. The molecule has 2 aromatic rings. The van der Waals surface area contributed by atoms with E-state index in [4.69, 9.17) is 4.74 Å². The number of hydrogen-bond acceptors (Lipinski definition) is 3. The maximum absolute atomic E-state index is 11.7. The molecule has 1 aromatic carbocycles. The predicted octanol–water partition coefficient (Wildman–Crippen LogP) is 2.34. The van der Waals surface area contributed by atoms with Crippen LogP contribution in [0.5, 0.6) is 0 Å². The monoisotopic (exact) mass is 316 g/mol. The van der Waals surface area contributed by atoms with Gasteiger partial charge < -0.3 is 9.72 Å². The summed E-state index contributed by atoms with van der Waals surface area (Å²) in [5.41, 5.74) is 2.05. The summed E-state index contributed by atoms with van der Waals surface area (Å²) in [7, 11) is 0. The molecule has 0 aliphatic carbocycles. The number of nitrogens with zero attached hydrogens (tertiary/aromatic N) is 1. The summed E-state index contributed by atoms with van der Waals surface area (Å²) >= 11 is 2.11. The van der Waals surface area contributed by atoms with Gasteiger partial charge in [0.05, 0.1) is 18.5 Å². The Hall–Kier alpha value is -1.11. The van der Waals surface area contributed by atoms with Gasteiger partial charge in [-0.05, 0) is 41.6 Å². The van der Waals surface area contributed by atoms with Crippen LogP contribution in [0.3, 0.4) is 0 Å². The fourth-order valence-electron chi connectivity index (χ4n) is 1.38. The lowest BCUT2D eigenvalue weighted by Crippen LogP contribution is -2.07. The molecule has 0 atom stereocenters. The molecule has 5 heteroatoms. The lowest BCUT2D eigenvalue weighted by molar-refractivity contribution is 0.0527. The van der Waals surface area contributed by atoms with E-state index in [9.17, 15) is 4.79 Å². The molecule has 0 aliphatic heterocycles. The number of hydrogen-bond donors (Lipinski definition) is 1. The summed E-state index contributed by atoms with van der Waals surface area (Å²) in [5.74, 6) is -0.320. The molecule has 0 amide bonds. The molecule has 0 saturated heterocycles. The van der Waals surface area contributed by atoms with Crippen LogP contribution in [-0.2, 0) is 4.74 Å². The summed E-state index contributed by atoms with van der Waals surface area (Å²) in [4.78, 5) is 18.8. The number of ether oxygens (including phenoxy) is 1. The summed E-state index contributed by atoms with van der Waals surface area (Å²) in [6, 6.07) is 3.76. The third-order valence-electron chi connectivity index (χ3n) is 2.02. The van der Waals surface area contributed by atoms with Crippen LogP contribution in [-0.4, -0.2) is 22.5 Å². The van der Waals surface area contributed by atoms with Crippen molar-refractivity contribution in [2.75, 3.05) is 6.61 Å². The number of fused-ring (bicyclic) bond motifs is 1. The topological polar surface area (TPSA) is 55.0 Å². The normalized spacial score (nSPS) is 10.5. The Balaban J connectivity index is 2.61. The van der Waals surface area contributed by atoms with Crippen molar-refractivity contribution in [1.82, 2.24) is 9.97 Å². The maximum atomic E-state index is 11.7. The minimum atomic E-state index is -0.320. The Morgan fingerprint density at radius 1 is 1.60 bits per heavy atom. The Bertz CT molecular complexity index is 507. The van der Waals surface area contributed by atoms with Crippen molar-refractivity contribution in [2.45, 2.75) is 6.92 Å². The second-order valence-electron chi connectivity index (χ2n) is 2.94. The van der Waals surface area contributed by atoms with Gasteiger partial charge in [0.25, 0.3) is 0 Å². The number of nitrogens with one attached hydrogen (secondary N) is 1. The number of benzene rings is 1. The van der Waals surface area contributed by atoms with Crippen LogP contribution in [0.1, 0.15) is 17.3 Å². The van der Waals surface area contributed by atoms with E-state index < -0.39 is 0 Å². The molecule has 15 heavy (non-hydrogen) atoms. The van der Waals surface area contributed by atoms with E-state index >= 15 is 0 Å². The van der Waals surface area contributed by atoms with Crippen molar-refractivity contribution in [2.24, 2.45) is 0 Å². The molecule has 4 nitrogen and oxygen atoms in total. The average Bonchev–Trinajstić information content (AvgIpc) is 2.65. The second-order valence-corrected chi connectivity index (χ2v) is 4.10. The Labute approximate surface area is 100 Å². The number of halogens is 1. The number of carbonyl (C=O) groups is 1. The number of imidazole rings is 1. The van der Waals surface area contributed by atoms with Gasteiger partial charge in [-0.1, -0.05) is 0 Å². The molecule has 2 rings (SSSR count). The van der Waals surface area contributed by atoms with Gasteiger partial charge in [-0.2, -0.15) is 0 Å². The zero-order chi connectivity index (χ0) is 10.8. The first-order chi connectivity index (χ1) is 7.24. The highest BCUT2D eigenvalue weighted by molar-refractivity contribution is 14.1. The fourth-order valence-corrected chi connectivity index (χ4v) is 2.04. The minimum Gasteiger partial charge on any atom is -0.462 e. The van der Waals surface area contributed by atoms with Gasteiger partial charge in [0.15, 0.2) is 0 Å². The molecule has 1 N–H and O–H groups in total. The molecule has 0 spiro atoms. The smallest absolute Gasteiger partial charge is 0.341 e. The van der Waals surface area contributed by atoms with Crippen LogP contribution in [0.4, 0.5) is 0 Å². The third kappa shape index (κ3) is 1.83. The molecule has 0 unspecified atom stereocenters. The molecule has 0 aliphatic rings. The van der Waals surface area contributed by atoms with Crippen molar-refractivity contribution in [3.8, 4) is 0 Å². The van der Waals surface area contributed by atoms with Crippen LogP contribution in [0, 0.1) is 3.57 Å². The highest BCUT2D eigenvalue weighted by atomic mass is 127. The molecule has 0 fully saturated rings. The second kappa shape index (κ2) is 4.18. The first kappa shape index (κ1) is 10.4. The van der Waals surface area contributed by atoms with Crippen molar-refractivity contribution in [3.63, 3.8) is 0 Å². The quantitative estimate of drug-likeness (QED) is 0.683. The molecule has 0 radical (unpaired) electrons. The van der Waals surface area contributed by atoms with Gasteiger partial charge in [-0.15, -0.1) is 0 Å². The molecule has 0 bridgehead atoms. The number of H-pyrrole nitrogens is 1. The third-order valence-corrected chi connectivity index (χ3v) is 2.92. The first-order valence-corrected chi connectivity index (χ1v) is 5.60. The van der Waals surface area contributed by atoms with E-state index in [1.807, 2.05) is 12.1 Å². The Morgan fingerprint density at radius 3 is 3.13 bits per heavy atom. The van der Waals surface area contributed by atoms with E-state index in [1.54, 1.807) is 13.3 Å². The summed E-state index contributed by atoms with van der Waals surface area (Å²) in [5, 5.41) is 0. The van der Waals surface area contributed by atoms with Gasteiger partial charge in [-0.25, -0.2) is 9.78 Å². The number of esters is 1. The standard InChI is InChI=1S/C10H9IN2O2/c1-2-15-10(14)8-6(11)3-4-7-9(8)13-5-12-7/h3-5H,2H2,1H3,(H,12,13). The van der Waals surface area contributed by atoms with E-state index in [1.165, 1.54) is 0 Å². The van der Waals surface area contributed by atoms with Crippen LogP contribution in [0.2, 0.25) is 0 Å². The van der Waals surface area contributed by atoms with Gasteiger partial charge in [0, 0.05) is 3.57 Å². The summed E-state index contributed by atoms with van der Waals surface area (Å²) in [6.07, 6.45) is 1.57. The van der Waals surface area contributed by atoms with Crippen molar-refractivity contribution >= 4 is 39.6 Å². The maximum Gasteiger partial charge on any atom is 0.341 e. The summed E-state index contributed by atoms with van der Waals surface area (Å²) in [6.45, 7) is 2.16. The van der Waals surface area contributed by atoms with Crippen molar-refractivity contribution in [3.05, 3.63) is 27.6 Å². The first-order valence-electron chi connectivity index (χ1n) is 4.52. The summed E-state index contributed by atoms with van der Waals surface area (Å²) < 4.78 is 5.84. The molecular weight excluding hydrogens is 307 g/mol. The van der Waals surface area contributed by atoms with E-state index in [0.29, 0.717) is 17.7 Å². The number of aromatic nitrogens is 2. The Kier molecular flexibility index (Phi) is 2.90. The number of carbonyl (C=O) groups excluding carboxylic acids is 1. The Morgan fingerprint density at radius 2 is 2.40 bits per heavy atom. The molecule has 78 valence electrons. The van der Waals surface area contributed by atoms with Crippen LogP contribution < -0.4 is 0 Å². The average molecular weight is 316 g/mol.